The third-order valence-electron chi connectivity index (χ3n) is 1.47. The molecule has 0 aliphatic rings. The average Bonchev–Trinajstić information content (AvgIpc) is 2.10. The van der Waals surface area contributed by atoms with Gasteiger partial charge in [-0.2, -0.15) is 0 Å². The molecule has 0 saturated carbocycles. The highest BCUT2D eigenvalue weighted by Crippen LogP contribution is 2.61. The molecule has 2 atom stereocenters. The zero-order valence-corrected chi connectivity index (χ0v) is 12.4. The molecule has 0 aromatic rings. The summed E-state index contributed by atoms with van der Waals surface area (Å²) in [5.74, 6) is 0.240. The Kier molecular flexibility index (Phi) is 7.07. The summed E-state index contributed by atoms with van der Waals surface area (Å²) in [5, 5.41) is 0. The van der Waals surface area contributed by atoms with Gasteiger partial charge in [0.2, 0.25) is 0 Å². The van der Waals surface area contributed by atoms with Crippen LogP contribution in [0, 0.1) is 5.92 Å². The molecule has 2 unspecified atom stereocenters. The van der Waals surface area contributed by atoms with Crippen LogP contribution in [0.5, 0.6) is 0 Å². The van der Waals surface area contributed by atoms with E-state index in [4.69, 9.17) is 13.4 Å². The molecular formula is C9H22O5P2. The minimum atomic E-state index is -3.30. The summed E-state index contributed by atoms with van der Waals surface area (Å²) in [4.78, 5) is 0. The first-order chi connectivity index (χ1) is 7.18. The fourth-order valence-electron chi connectivity index (χ4n) is 0.858. The topological polar surface area (TPSA) is 61.8 Å². The molecule has 16 heavy (non-hydrogen) atoms. The van der Waals surface area contributed by atoms with Gasteiger partial charge in [0.25, 0.3) is 0 Å². The standard InChI is InChI=1S/C9H22O5P2/c1-6-7-12-15(4,10)14-16(5,11)13-8-9(2)3/h9H,6-8H2,1-5H3. The molecule has 0 aliphatic carbocycles. The molecular weight excluding hydrogens is 250 g/mol. The Balaban J connectivity index is 4.23. The van der Waals surface area contributed by atoms with Crippen LogP contribution in [0.25, 0.3) is 0 Å². The second kappa shape index (κ2) is 6.93. The molecule has 0 rings (SSSR count). The fourth-order valence-corrected chi connectivity index (χ4v) is 4.47. The lowest BCUT2D eigenvalue weighted by Gasteiger charge is -2.19. The van der Waals surface area contributed by atoms with Crippen LogP contribution in [-0.4, -0.2) is 26.5 Å². The van der Waals surface area contributed by atoms with Crippen molar-refractivity contribution in [1.29, 1.82) is 0 Å². The van der Waals surface area contributed by atoms with Gasteiger partial charge in [0.15, 0.2) is 0 Å². The number of hydrogen-bond acceptors (Lipinski definition) is 5. The molecule has 0 spiro atoms. The van der Waals surface area contributed by atoms with Crippen LogP contribution in [0.2, 0.25) is 0 Å². The highest BCUT2D eigenvalue weighted by Gasteiger charge is 2.29. The van der Waals surface area contributed by atoms with E-state index in [0.717, 1.165) is 6.42 Å². The lowest BCUT2D eigenvalue weighted by molar-refractivity contribution is 0.216. The summed E-state index contributed by atoms with van der Waals surface area (Å²) in [6.07, 6.45) is 0.724. The van der Waals surface area contributed by atoms with Crippen LogP contribution in [0.3, 0.4) is 0 Å². The van der Waals surface area contributed by atoms with E-state index in [-0.39, 0.29) is 5.92 Å². The van der Waals surface area contributed by atoms with Crippen molar-refractivity contribution in [3.8, 4) is 0 Å². The summed E-state index contributed by atoms with van der Waals surface area (Å²) in [6, 6.07) is 0. The van der Waals surface area contributed by atoms with Crippen LogP contribution in [-0.2, 0) is 22.5 Å². The highest BCUT2D eigenvalue weighted by molar-refractivity contribution is 7.66. The highest BCUT2D eigenvalue weighted by atomic mass is 31.3. The van der Waals surface area contributed by atoms with Crippen molar-refractivity contribution in [2.45, 2.75) is 27.2 Å². The van der Waals surface area contributed by atoms with Crippen LogP contribution in [0.15, 0.2) is 0 Å². The van der Waals surface area contributed by atoms with E-state index >= 15 is 0 Å². The van der Waals surface area contributed by atoms with E-state index in [2.05, 4.69) is 0 Å². The summed E-state index contributed by atoms with van der Waals surface area (Å²) >= 11 is 0. The van der Waals surface area contributed by atoms with Gasteiger partial charge in [0.05, 0.1) is 13.2 Å². The SMILES string of the molecule is CCCOP(C)(=O)OP(C)(=O)OCC(C)C. The minimum Gasteiger partial charge on any atom is -0.309 e. The first-order valence-corrected chi connectivity index (χ1v) is 9.32. The Labute approximate surface area is 97.9 Å². The van der Waals surface area contributed by atoms with Gasteiger partial charge in [-0.15, -0.1) is 0 Å². The molecule has 0 fully saturated rings. The van der Waals surface area contributed by atoms with E-state index in [1.807, 2.05) is 20.8 Å². The van der Waals surface area contributed by atoms with E-state index in [1.54, 1.807) is 0 Å². The second-order valence-corrected chi connectivity index (χ2v) is 8.40. The van der Waals surface area contributed by atoms with Crippen molar-refractivity contribution in [1.82, 2.24) is 0 Å². The average molecular weight is 272 g/mol. The van der Waals surface area contributed by atoms with Crippen molar-refractivity contribution >= 4 is 15.2 Å². The molecule has 0 aliphatic heterocycles. The quantitative estimate of drug-likeness (QED) is 0.630. The minimum absolute atomic E-state index is 0.240. The maximum absolute atomic E-state index is 11.8. The summed E-state index contributed by atoms with van der Waals surface area (Å²) in [6.45, 7) is 8.98. The molecule has 0 aromatic carbocycles. The molecule has 0 saturated heterocycles. The van der Waals surface area contributed by atoms with Gasteiger partial charge in [0, 0.05) is 13.3 Å². The predicted molar refractivity (Wildman–Crippen MR) is 65.2 cm³/mol. The first kappa shape index (κ1) is 16.3. The summed E-state index contributed by atoms with van der Waals surface area (Å²) in [5.41, 5.74) is 0. The lowest BCUT2D eigenvalue weighted by atomic mass is 10.2. The molecule has 0 radical (unpaired) electrons. The monoisotopic (exact) mass is 272 g/mol. The van der Waals surface area contributed by atoms with E-state index in [1.165, 1.54) is 13.3 Å². The van der Waals surface area contributed by atoms with Gasteiger partial charge in [-0.05, 0) is 12.3 Å². The van der Waals surface area contributed by atoms with Crippen molar-refractivity contribution in [2.24, 2.45) is 5.92 Å². The molecule has 0 heterocycles. The van der Waals surface area contributed by atoms with Crippen LogP contribution in [0.1, 0.15) is 27.2 Å². The van der Waals surface area contributed by atoms with Crippen LogP contribution in [0.4, 0.5) is 0 Å². The third kappa shape index (κ3) is 8.49. The largest absolute Gasteiger partial charge is 0.334 e. The molecule has 0 aromatic heterocycles. The maximum Gasteiger partial charge on any atom is 0.334 e. The van der Waals surface area contributed by atoms with Gasteiger partial charge in [-0.25, -0.2) is 4.31 Å². The van der Waals surface area contributed by atoms with Gasteiger partial charge in [-0.1, -0.05) is 20.8 Å². The Morgan fingerprint density at radius 3 is 2.00 bits per heavy atom. The number of hydrogen-bond donors (Lipinski definition) is 0. The summed E-state index contributed by atoms with van der Waals surface area (Å²) in [7, 11) is -6.57. The first-order valence-electron chi connectivity index (χ1n) is 5.34. The van der Waals surface area contributed by atoms with Crippen LogP contribution < -0.4 is 0 Å². The normalized spacial score (nSPS) is 19.4. The van der Waals surface area contributed by atoms with Crippen LogP contribution >= 0.6 is 15.2 Å². The predicted octanol–water partition coefficient (Wildman–Crippen LogP) is 3.75. The second-order valence-electron chi connectivity index (χ2n) is 4.15. The molecule has 98 valence electrons. The van der Waals surface area contributed by atoms with Crippen molar-refractivity contribution in [2.75, 3.05) is 26.5 Å². The van der Waals surface area contributed by atoms with Crippen molar-refractivity contribution in [3.63, 3.8) is 0 Å². The smallest absolute Gasteiger partial charge is 0.309 e. The molecule has 0 amide bonds. The maximum atomic E-state index is 11.8. The Morgan fingerprint density at radius 2 is 1.56 bits per heavy atom. The Bertz CT molecular complexity index is 290. The van der Waals surface area contributed by atoms with Gasteiger partial charge in [-0.3, -0.25) is 9.13 Å². The fraction of sp³-hybridized carbons (Fsp3) is 1.00. The van der Waals surface area contributed by atoms with Gasteiger partial charge >= 0.3 is 15.2 Å². The summed E-state index contributed by atoms with van der Waals surface area (Å²) < 4.78 is 38.6. The van der Waals surface area contributed by atoms with Crippen molar-refractivity contribution < 1.29 is 22.5 Å². The molecule has 0 bridgehead atoms. The van der Waals surface area contributed by atoms with E-state index < -0.39 is 15.2 Å². The van der Waals surface area contributed by atoms with Gasteiger partial charge in [0.1, 0.15) is 0 Å². The van der Waals surface area contributed by atoms with Crippen molar-refractivity contribution in [3.05, 3.63) is 0 Å². The number of rotatable bonds is 8. The lowest BCUT2D eigenvalue weighted by Crippen LogP contribution is -2.02. The molecule has 7 heteroatoms. The third-order valence-corrected chi connectivity index (χ3v) is 5.11. The Morgan fingerprint density at radius 1 is 1.06 bits per heavy atom. The zero-order valence-electron chi connectivity index (χ0n) is 10.6. The van der Waals surface area contributed by atoms with Gasteiger partial charge < -0.3 is 9.05 Å². The van der Waals surface area contributed by atoms with E-state index in [0.29, 0.717) is 13.2 Å². The molecule has 0 N–H and O–H groups in total. The molecule has 5 nitrogen and oxygen atoms in total. The Hall–Kier alpha value is 0.340. The van der Waals surface area contributed by atoms with E-state index in [9.17, 15) is 9.13 Å². The zero-order chi connectivity index (χ0) is 12.8.